The fourth-order valence-corrected chi connectivity index (χ4v) is 4.83. The number of pyridine rings is 1. The highest BCUT2D eigenvalue weighted by Gasteiger charge is 2.16. The van der Waals surface area contributed by atoms with Gasteiger partial charge in [0.25, 0.3) is 0 Å². The largest absolute Gasteiger partial charge is 0.246 e. The van der Waals surface area contributed by atoms with Crippen molar-refractivity contribution in [2.75, 3.05) is 0 Å². The van der Waals surface area contributed by atoms with Gasteiger partial charge in [0.05, 0.1) is 34.2 Å². The van der Waals surface area contributed by atoms with E-state index in [1.165, 1.54) is 11.1 Å². The molecule has 0 saturated heterocycles. The predicted molar refractivity (Wildman–Crippen MR) is 169 cm³/mol. The van der Waals surface area contributed by atoms with Crippen LogP contribution in [0.1, 0.15) is 73.2 Å². The standard InChI is InChI=1S/C37H35N3/c1-26(2)30-20-11-13-22-32(30)39-36(28-16-7-5-8-17-28)34-24-15-25-35(38-34)37(29-18-9-6-10-19-29)40-33-23-14-12-21-31(33)27(3)4/h5-27H,1-4H3. The molecule has 0 spiro atoms. The SMILES string of the molecule is CC(C)c1ccccc1N=C(c1ccccc1)c1cccc(C(=Nc2ccccc2C(C)C)c2ccccc2)n1. The first-order valence-corrected chi connectivity index (χ1v) is 13.9. The topological polar surface area (TPSA) is 37.6 Å². The van der Waals surface area contributed by atoms with E-state index in [-0.39, 0.29) is 0 Å². The summed E-state index contributed by atoms with van der Waals surface area (Å²) in [5.41, 5.74) is 9.69. The minimum atomic E-state index is 0.356. The summed E-state index contributed by atoms with van der Waals surface area (Å²) < 4.78 is 0. The van der Waals surface area contributed by atoms with E-state index in [0.717, 1.165) is 45.3 Å². The summed E-state index contributed by atoms with van der Waals surface area (Å²) in [6.07, 6.45) is 0. The lowest BCUT2D eigenvalue weighted by Crippen LogP contribution is -2.12. The van der Waals surface area contributed by atoms with Crippen molar-refractivity contribution in [1.29, 1.82) is 0 Å². The second-order valence-electron chi connectivity index (χ2n) is 10.5. The molecule has 0 radical (unpaired) electrons. The van der Waals surface area contributed by atoms with Gasteiger partial charge in [-0.1, -0.05) is 131 Å². The van der Waals surface area contributed by atoms with Gasteiger partial charge in [0.15, 0.2) is 0 Å². The Morgan fingerprint density at radius 1 is 0.450 bits per heavy atom. The summed E-state index contributed by atoms with van der Waals surface area (Å²) >= 11 is 0. The number of nitrogens with zero attached hydrogens (tertiary/aromatic N) is 3. The average molecular weight is 522 g/mol. The van der Waals surface area contributed by atoms with Gasteiger partial charge in [0.1, 0.15) is 0 Å². The second-order valence-corrected chi connectivity index (χ2v) is 10.5. The van der Waals surface area contributed by atoms with Crippen LogP contribution in [0.25, 0.3) is 0 Å². The van der Waals surface area contributed by atoms with Crippen molar-refractivity contribution >= 4 is 22.8 Å². The Hall–Kier alpha value is -4.63. The molecule has 0 bridgehead atoms. The van der Waals surface area contributed by atoms with E-state index < -0.39 is 0 Å². The van der Waals surface area contributed by atoms with E-state index in [4.69, 9.17) is 15.0 Å². The zero-order valence-corrected chi connectivity index (χ0v) is 23.6. The molecule has 0 amide bonds. The fraction of sp³-hybridized carbons (Fsp3) is 0.162. The molecule has 0 fully saturated rings. The number of aromatic nitrogens is 1. The van der Waals surface area contributed by atoms with Crippen molar-refractivity contribution < 1.29 is 0 Å². The summed E-state index contributed by atoms with van der Waals surface area (Å²) in [4.78, 5) is 15.7. The van der Waals surface area contributed by atoms with Crippen LogP contribution >= 0.6 is 0 Å². The molecule has 0 aliphatic carbocycles. The van der Waals surface area contributed by atoms with Gasteiger partial charge in [-0.3, -0.25) is 0 Å². The third-order valence-corrected chi connectivity index (χ3v) is 6.91. The second kappa shape index (κ2) is 12.5. The van der Waals surface area contributed by atoms with E-state index >= 15 is 0 Å². The van der Waals surface area contributed by atoms with Gasteiger partial charge in [-0.05, 0) is 47.2 Å². The van der Waals surface area contributed by atoms with Crippen LogP contribution in [0.4, 0.5) is 11.4 Å². The Balaban J connectivity index is 1.70. The quantitative estimate of drug-likeness (QED) is 0.187. The maximum atomic E-state index is 5.23. The lowest BCUT2D eigenvalue weighted by molar-refractivity contribution is 0.867. The molecule has 0 aliphatic rings. The molecule has 3 heteroatoms. The van der Waals surface area contributed by atoms with E-state index in [0.29, 0.717) is 11.8 Å². The number of para-hydroxylation sites is 2. The molecule has 5 aromatic rings. The van der Waals surface area contributed by atoms with Crippen LogP contribution in [-0.2, 0) is 0 Å². The zero-order valence-electron chi connectivity index (χ0n) is 23.6. The van der Waals surface area contributed by atoms with Gasteiger partial charge in [-0.2, -0.15) is 0 Å². The molecule has 4 aromatic carbocycles. The van der Waals surface area contributed by atoms with Gasteiger partial charge >= 0.3 is 0 Å². The highest BCUT2D eigenvalue weighted by molar-refractivity contribution is 6.16. The molecular weight excluding hydrogens is 486 g/mol. The summed E-state index contributed by atoms with van der Waals surface area (Å²) in [5, 5.41) is 0. The summed E-state index contributed by atoms with van der Waals surface area (Å²) in [7, 11) is 0. The number of aliphatic imine (C=N–C) groups is 2. The number of rotatable bonds is 8. The first-order valence-electron chi connectivity index (χ1n) is 13.9. The molecule has 0 unspecified atom stereocenters. The normalized spacial score (nSPS) is 12.2. The molecule has 3 nitrogen and oxygen atoms in total. The van der Waals surface area contributed by atoms with Crippen LogP contribution in [0.5, 0.6) is 0 Å². The minimum Gasteiger partial charge on any atom is -0.246 e. The van der Waals surface area contributed by atoms with Gasteiger partial charge in [-0.25, -0.2) is 15.0 Å². The third kappa shape index (κ3) is 6.16. The minimum absolute atomic E-state index is 0.356. The summed E-state index contributed by atoms with van der Waals surface area (Å²) in [6, 6.07) is 43.5. The molecule has 5 rings (SSSR count). The Kier molecular flexibility index (Phi) is 8.41. The number of benzene rings is 4. The lowest BCUT2D eigenvalue weighted by Gasteiger charge is -2.14. The van der Waals surface area contributed by atoms with Crippen LogP contribution in [0.2, 0.25) is 0 Å². The van der Waals surface area contributed by atoms with Crippen LogP contribution in [0.3, 0.4) is 0 Å². The van der Waals surface area contributed by atoms with Crippen LogP contribution in [-0.4, -0.2) is 16.4 Å². The zero-order chi connectivity index (χ0) is 27.9. The van der Waals surface area contributed by atoms with Crippen molar-refractivity contribution in [1.82, 2.24) is 4.98 Å². The Labute approximate surface area is 238 Å². The molecule has 0 atom stereocenters. The van der Waals surface area contributed by atoms with Crippen molar-refractivity contribution in [3.8, 4) is 0 Å². The van der Waals surface area contributed by atoms with Crippen LogP contribution in [0.15, 0.2) is 137 Å². The maximum absolute atomic E-state index is 5.23. The van der Waals surface area contributed by atoms with Crippen molar-refractivity contribution in [3.05, 3.63) is 161 Å². The summed E-state index contributed by atoms with van der Waals surface area (Å²) in [5.74, 6) is 0.711. The molecule has 0 aliphatic heterocycles. The van der Waals surface area contributed by atoms with Gasteiger partial charge in [0, 0.05) is 11.1 Å². The smallest absolute Gasteiger partial charge is 0.0966 e. The van der Waals surface area contributed by atoms with E-state index in [2.05, 4.69) is 94.4 Å². The van der Waals surface area contributed by atoms with Gasteiger partial charge in [0.2, 0.25) is 0 Å². The maximum Gasteiger partial charge on any atom is 0.0966 e. The van der Waals surface area contributed by atoms with Crippen molar-refractivity contribution in [2.24, 2.45) is 9.98 Å². The summed E-state index contributed by atoms with van der Waals surface area (Å²) in [6.45, 7) is 8.81. The predicted octanol–water partition coefficient (Wildman–Crippen LogP) is 9.67. The Morgan fingerprint density at radius 3 is 1.23 bits per heavy atom. The first-order chi connectivity index (χ1) is 19.5. The van der Waals surface area contributed by atoms with Crippen molar-refractivity contribution in [3.63, 3.8) is 0 Å². The van der Waals surface area contributed by atoms with Gasteiger partial charge in [-0.15, -0.1) is 0 Å². The van der Waals surface area contributed by atoms with Crippen molar-refractivity contribution in [2.45, 2.75) is 39.5 Å². The lowest BCUT2D eigenvalue weighted by atomic mass is 10.00. The molecule has 1 heterocycles. The Morgan fingerprint density at radius 2 is 0.825 bits per heavy atom. The molecular formula is C37H35N3. The molecule has 0 saturated carbocycles. The number of hydrogen-bond donors (Lipinski definition) is 0. The average Bonchev–Trinajstić information content (AvgIpc) is 3.00. The van der Waals surface area contributed by atoms with Gasteiger partial charge < -0.3 is 0 Å². The molecule has 1 aromatic heterocycles. The molecule has 198 valence electrons. The highest BCUT2D eigenvalue weighted by Crippen LogP contribution is 2.30. The van der Waals surface area contributed by atoms with E-state index in [9.17, 15) is 0 Å². The third-order valence-electron chi connectivity index (χ3n) is 6.91. The van der Waals surface area contributed by atoms with Crippen LogP contribution < -0.4 is 0 Å². The first kappa shape index (κ1) is 27.0. The van der Waals surface area contributed by atoms with Crippen LogP contribution in [0, 0.1) is 0 Å². The fourth-order valence-electron chi connectivity index (χ4n) is 4.83. The van der Waals surface area contributed by atoms with E-state index in [1.54, 1.807) is 0 Å². The molecule has 0 N–H and O–H groups in total. The highest BCUT2D eigenvalue weighted by atomic mass is 14.8. The van der Waals surface area contributed by atoms with E-state index in [1.807, 2.05) is 60.7 Å². The Bertz CT molecular complexity index is 1510. The monoisotopic (exact) mass is 521 g/mol. The number of hydrogen-bond acceptors (Lipinski definition) is 3. The molecule has 40 heavy (non-hydrogen) atoms.